The van der Waals surface area contributed by atoms with E-state index in [1.165, 1.54) is 0 Å². The van der Waals surface area contributed by atoms with Gasteiger partial charge in [-0.15, -0.1) is 6.42 Å². The van der Waals surface area contributed by atoms with E-state index in [0.717, 1.165) is 6.61 Å². The number of alkyl halides is 1. The third-order valence-corrected chi connectivity index (χ3v) is 2.20. The highest BCUT2D eigenvalue weighted by Crippen LogP contribution is 2.16. The van der Waals surface area contributed by atoms with Crippen molar-refractivity contribution in [3.63, 3.8) is 0 Å². The Balaban J connectivity index is 2.21. The normalized spacial score (nSPS) is 32.0. The van der Waals surface area contributed by atoms with Crippen molar-refractivity contribution in [1.29, 1.82) is 0 Å². The summed E-state index contributed by atoms with van der Waals surface area (Å²) in [7, 11) is 0. The molecule has 0 saturated carbocycles. The molecule has 0 aromatic carbocycles. The lowest BCUT2D eigenvalue weighted by molar-refractivity contribution is 0.0651. The van der Waals surface area contributed by atoms with Crippen LogP contribution in [0.4, 0.5) is 0 Å². The molecule has 2 nitrogen and oxygen atoms in total. The van der Waals surface area contributed by atoms with Gasteiger partial charge >= 0.3 is 0 Å². The first-order chi connectivity index (χ1) is 4.84. The Bertz CT molecular complexity index is 141. The lowest BCUT2D eigenvalue weighted by atomic mass is 10.3. The average molecular weight is 205 g/mol. The third-order valence-electron chi connectivity index (χ3n) is 1.34. The minimum absolute atomic E-state index is 0.135. The van der Waals surface area contributed by atoms with Crippen molar-refractivity contribution in [2.75, 3.05) is 19.8 Å². The predicted octanol–water partition coefficient (Wildman–Crippen LogP) is 0.798. The summed E-state index contributed by atoms with van der Waals surface area (Å²) in [6, 6.07) is 0. The van der Waals surface area contributed by atoms with Gasteiger partial charge in [-0.25, -0.2) is 0 Å². The maximum atomic E-state index is 5.26. The summed E-state index contributed by atoms with van der Waals surface area (Å²) in [5.41, 5.74) is 0. The molecule has 2 atom stereocenters. The lowest BCUT2D eigenvalue weighted by Gasteiger charge is -2.09. The molecule has 0 aromatic rings. The minimum Gasteiger partial charge on any atom is -0.377 e. The van der Waals surface area contributed by atoms with Crippen molar-refractivity contribution in [3.8, 4) is 12.3 Å². The molecule has 1 saturated heterocycles. The Morgan fingerprint density at radius 1 is 1.70 bits per heavy atom. The fraction of sp³-hybridized carbons (Fsp3) is 0.714. The van der Waals surface area contributed by atoms with Gasteiger partial charge in [-0.05, 0) is 0 Å². The number of ether oxygens (including phenoxy) is 2. The van der Waals surface area contributed by atoms with E-state index in [-0.39, 0.29) is 6.10 Å². The molecule has 0 N–H and O–H groups in total. The van der Waals surface area contributed by atoms with E-state index < -0.39 is 0 Å². The van der Waals surface area contributed by atoms with Crippen LogP contribution in [0.15, 0.2) is 0 Å². The molecule has 1 aliphatic heterocycles. The fourth-order valence-corrected chi connectivity index (χ4v) is 1.31. The molecule has 0 aromatic heterocycles. The van der Waals surface area contributed by atoms with E-state index >= 15 is 0 Å². The summed E-state index contributed by atoms with van der Waals surface area (Å²) in [5, 5.41) is 0. The maximum Gasteiger partial charge on any atom is 0.108 e. The van der Waals surface area contributed by atoms with Crippen LogP contribution in [-0.2, 0) is 9.47 Å². The second kappa shape index (κ2) is 3.97. The smallest absolute Gasteiger partial charge is 0.108 e. The summed E-state index contributed by atoms with van der Waals surface area (Å²) in [5.74, 6) is 2.42. The van der Waals surface area contributed by atoms with Gasteiger partial charge in [0.05, 0.1) is 24.1 Å². The van der Waals surface area contributed by atoms with Crippen LogP contribution < -0.4 is 0 Å². The summed E-state index contributed by atoms with van der Waals surface area (Å²) in [6.45, 7) is 1.74. The van der Waals surface area contributed by atoms with Crippen LogP contribution in [-0.4, -0.2) is 30.8 Å². The van der Waals surface area contributed by atoms with Gasteiger partial charge in [0.15, 0.2) is 0 Å². The van der Waals surface area contributed by atoms with Gasteiger partial charge in [-0.2, -0.15) is 0 Å². The van der Waals surface area contributed by atoms with Gasteiger partial charge in [0.1, 0.15) is 6.61 Å². The highest BCUT2D eigenvalue weighted by molar-refractivity contribution is 9.09. The number of hydrogen-bond donors (Lipinski definition) is 0. The molecule has 10 heavy (non-hydrogen) atoms. The molecule has 56 valence electrons. The SMILES string of the molecule is C#CCO[C@H]1COC[C@@H]1Br. The molecule has 0 spiro atoms. The quantitative estimate of drug-likeness (QED) is 0.490. The Hall–Kier alpha value is -0.0400. The van der Waals surface area contributed by atoms with Crippen LogP contribution in [0.5, 0.6) is 0 Å². The second-order valence-electron chi connectivity index (χ2n) is 2.11. The van der Waals surface area contributed by atoms with Gasteiger partial charge in [0.2, 0.25) is 0 Å². The molecule has 1 aliphatic rings. The summed E-state index contributed by atoms with van der Waals surface area (Å²) in [6.07, 6.45) is 5.16. The van der Waals surface area contributed by atoms with Crippen molar-refractivity contribution in [1.82, 2.24) is 0 Å². The highest BCUT2D eigenvalue weighted by atomic mass is 79.9. The molecule has 0 unspecified atom stereocenters. The lowest BCUT2D eigenvalue weighted by Crippen LogP contribution is -2.22. The average Bonchev–Trinajstić information content (AvgIpc) is 2.31. The van der Waals surface area contributed by atoms with E-state index in [4.69, 9.17) is 15.9 Å². The summed E-state index contributed by atoms with van der Waals surface area (Å²) >= 11 is 3.42. The van der Waals surface area contributed by atoms with E-state index in [1.54, 1.807) is 0 Å². The maximum absolute atomic E-state index is 5.26. The second-order valence-corrected chi connectivity index (χ2v) is 3.28. The molecule has 3 heteroatoms. The number of terminal acetylenes is 1. The number of rotatable bonds is 2. The van der Waals surface area contributed by atoms with Crippen molar-refractivity contribution in [3.05, 3.63) is 0 Å². The monoisotopic (exact) mass is 204 g/mol. The predicted molar refractivity (Wildman–Crippen MR) is 42.1 cm³/mol. The molecule has 0 radical (unpaired) electrons. The van der Waals surface area contributed by atoms with Crippen LogP contribution in [0.3, 0.4) is 0 Å². The largest absolute Gasteiger partial charge is 0.377 e. The molecule has 0 aliphatic carbocycles. The Morgan fingerprint density at radius 3 is 3.00 bits per heavy atom. The molecular weight excluding hydrogens is 196 g/mol. The molecule has 1 rings (SSSR count). The van der Waals surface area contributed by atoms with Crippen molar-refractivity contribution >= 4 is 15.9 Å². The van der Waals surface area contributed by atoms with E-state index in [1.807, 2.05) is 0 Å². The van der Waals surface area contributed by atoms with Gasteiger partial charge in [-0.1, -0.05) is 21.9 Å². The summed E-state index contributed by atoms with van der Waals surface area (Å²) in [4.78, 5) is 0.306. The Kier molecular flexibility index (Phi) is 3.20. The first-order valence-electron chi connectivity index (χ1n) is 3.11. The molecule has 0 amide bonds. The standard InChI is InChI=1S/C7H9BrO2/c1-2-3-10-7-5-9-4-6(7)8/h1,6-7H,3-5H2/t6-,7-/m0/s1. The van der Waals surface area contributed by atoms with Crippen LogP contribution in [0, 0.1) is 12.3 Å². The van der Waals surface area contributed by atoms with E-state index in [9.17, 15) is 0 Å². The van der Waals surface area contributed by atoms with Gasteiger partial charge in [0, 0.05) is 0 Å². The molecule has 1 fully saturated rings. The molecule has 0 bridgehead atoms. The topological polar surface area (TPSA) is 18.5 Å². The van der Waals surface area contributed by atoms with E-state index in [0.29, 0.717) is 18.0 Å². The fourth-order valence-electron chi connectivity index (χ4n) is 0.816. The van der Waals surface area contributed by atoms with Gasteiger partial charge in [0.25, 0.3) is 0 Å². The van der Waals surface area contributed by atoms with Crippen molar-refractivity contribution in [2.24, 2.45) is 0 Å². The third kappa shape index (κ3) is 1.98. The molecular formula is C7H9BrO2. The van der Waals surface area contributed by atoms with E-state index in [2.05, 4.69) is 21.9 Å². The van der Waals surface area contributed by atoms with Crippen molar-refractivity contribution in [2.45, 2.75) is 10.9 Å². The van der Waals surface area contributed by atoms with Crippen molar-refractivity contribution < 1.29 is 9.47 Å². The van der Waals surface area contributed by atoms with Gasteiger partial charge < -0.3 is 9.47 Å². The zero-order valence-corrected chi connectivity index (χ0v) is 7.13. The summed E-state index contributed by atoms with van der Waals surface area (Å²) < 4.78 is 10.4. The Labute approximate surface area is 69.0 Å². The van der Waals surface area contributed by atoms with Crippen LogP contribution in [0.25, 0.3) is 0 Å². The van der Waals surface area contributed by atoms with Gasteiger partial charge in [-0.3, -0.25) is 0 Å². The zero-order valence-electron chi connectivity index (χ0n) is 5.55. The number of halogens is 1. The van der Waals surface area contributed by atoms with Crippen LogP contribution in [0.1, 0.15) is 0 Å². The van der Waals surface area contributed by atoms with Crippen LogP contribution in [0.2, 0.25) is 0 Å². The first-order valence-corrected chi connectivity index (χ1v) is 4.03. The van der Waals surface area contributed by atoms with Crippen LogP contribution >= 0.6 is 15.9 Å². The zero-order chi connectivity index (χ0) is 7.40. The number of hydrogen-bond acceptors (Lipinski definition) is 2. The Morgan fingerprint density at radius 2 is 2.50 bits per heavy atom. The highest BCUT2D eigenvalue weighted by Gasteiger charge is 2.25. The molecule has 1 heterocycles. The minimum atomic E-state index is 0.135. The first kappa shape index (κ1) is 8.06.